The first-order valence-electron chi connectivity index (χ1n) is 7.75. The largest absolute Gasteiger partial charge is 0.459 e. The molecular weight excluding hydrogens is 282 g/mol. The molecule has 0 aromatic carbocycles. The minimum absolute atomic E-state index is 0.0164. The Kier molecular flexibility index (Phi) is 7.32. The van der Waals surface area contributed by atoms with Crippen molar-refractivity contribution in [3.8, 4) is 0 Å². The van der Waals surface area contributed by atoms with Crippen molar-refractivity contribution in [2.24, 2.45) is 5.92 Å². The highest BCUT2D eigenvalue weighted by Crippen LogP contribution is 2.27. The molecule has 1 amide bonds. The number of nitrogens with one attached hydrogen (secondary N) is 1. The summed E-state index contributed by atoms with van der Waals surface area (Å²) in [6, 6.07) is -0.0164. The molecule has 0 aliphatic carbocycles. The van der Waals surface area contributed by atoms with Gasteiger partial charge in [0.2, 0.25) is 5.91 Å². The van der Waals surface area contributed by atoms with Crippen molar-refractivity contribution in [1.29, 1.82) is 0 Å². The third-order valence-corrected chi connectivity index (χ3v) is 3.81. The molecule has 5 nitrogen and oxygen atoms in total. The number of amides is 1. The Morgan fingerprint density at radius 1 is 1.45 bits per heavy atom. The van der Waals surface area contributed by atoms with Gasteiger partial charge in [-0.1, -0.05) is 13.0 Å². The van der Waals surface area contributed by atoms with Crippen LogP contribution in [0.4, 0.5) is 0 Å². The van der Waals surface area contributed by atoms with E-state index >= 15 is 0 Å². The van der Waals surface area contributed by atoms with Crippen LogP contribution in [-0.4, -0.2) is 36.2 Å². The number of hydrogen-bond donors (Lipinski definition) is 1. The van der Waals surface area contributed by atoms with Crippen molar-refractivity contribution in [3.05, 3.63) is 24.8 Å². The van der Waals surface area contributed by atoms with Gasteiger partial charge in [0.05, 0.1) is 18.2 Å². The van der Waals surface area contributed by atoms with Gasteiger partial charge in [0.25, 0.3) is 0 Å². The number of rotatable bonds is 6. The quantitative estimate of drug-likeness (QED) is 0.465. The summed E-state index contributed by atoms with van der Waals surface area (Å²) in [7, 11) is 0. The maximum absolute atomic E-state index is 12.0. The lowest BCUT2D eigenvalue weighted by Gasteiger charge is -2.39. The summed E-state index contributed by atoms with van der Waals surface area (Å²) in [6.45, 7) is 10.9. The molecule has 1 heterocycles. The molecule has 0 bridgehead atoms. The smallest absolute Gasteiger partial charge is 0.303 e. The molecule has 0 spiro atoms. The average Bonchev–Trinajstić information content (AvgIpc) is 2.41. The first-order chi connectivity index (χ1) is 10.3. The zero-order chi connectivity index (χ0) is 16.7. The van der Waals surface area contributed by atoms with E-state index in [9.17, 15) is 9.59 Å². The van der Waals surface area contributed by atoms with Gasteiger partial charge in [0.15, 0.2) is 0 Å². The SMILES string of the molecule is C=CCC1OC(C)C(NC(=O)C=CC(C)OC(C)=O)CC1C. The molecule has 5 atom stereocenters. The van der Waals surface area contributed by atoms with Gasteiger partial charge < -0.3 is 14.8 Å². The Labute approximate surface area is 132 Å². The van der Waals surface area contributed by atoms with Crippen molar-refractivity contribution in [1.82, 2.24) is 5.32 Å². The summed E-state index contributed by atoms with van der Waals surface area (Å²) in [5.74, 6) is -0.203. The van der Waals surface area contributed by atoms with Crippen LogP contribution in [0.1, 0.15) is 40.5 Å². The van der Waals surface area contributed by atoms with E-state index in [2.05, 4.69) is 18.8 Å². The number of esters is 1. The molecule has 5 unspecified atom stereocenters. The molecule has 0 aromatic rings. The monoisotopic (exact) mass is 309 g/mol. The van der Waals surface area contributed by atoms with Crippen LogP contribution >= 0.6 is 0 Å². The third kappa shape index (κ3) is 6.02. The Hall–Kier alpha value is -1.62. The molecule has 1 N–H and O–H groups in total. The van der Waals surface area contributed by atoms with Gasteiger partial charge in [-0.25, -0.2) is 0 Å². The topological polar surface area (TPSA) is 64.6 Å². The normalized spacial score (nSPS) is 29.8. The highest BCUT2D eigenvalue weighted by Gasteiger charge is 2.33. The lowest BCUT2D eigenvalue weighted by molar-refractivity contribution is -0.143. The van der Waals surface area contributed by atoms with Crippen molar-refractivity contribution in [3.63, 3.8) is 0 Å². The second-order valence-electron chi connectivity index (χ2n) is 5.91. The van der Waals surface area contributed by atoms with Gasteiger partial charge in [0.1, 0.15) is 6.10 Å². The van der Waals surface area contributed by atoms with Crippen LogP contribution in [0, 0.1) is 5.92 Å². The van der Waals surface area contributed by atoms with E-state index in [1.54, 1.807) is 13.0 Å². The number of carbonyl (C=O) groups is 2. The predicted octanol–water partition coefficient (Wildman–Crippen LogP) is 2.37. The van der Waals surface area contributed by atoms with Gasteiger partial charge in [-0.2, -0.15) is 0 Å². The average molecular weight is 309 g/mol. The van der Waals surface area contributed by atoms with Gasteiger partial charge in [-0.15, -0.1) is 6.58 Å². The van der Waals surface area contributed by atoms with Crippen LogP contribution in [0.25, 0.3) is 0 Å². The van der Waals surface area contributed by atoms with Crippen molar-refractivity contribution >= 4 is 11.9 Å². The molecule has 124 valence electrons. The van der Waals surface area contributed by atoms with Crippen molar-refractivity contribution < 1.29 is 19.1 Å². The van der Waals surface area contributed by atoms with E-state index in [-0.39, 0.29) is 30.1 Å². The minimum atomic E-state index is -0.417. The highest BCUT2D eigenvalue weighted by molar-refractivity contribution is 5.87. The predicted molar refractivity (Wildman–Crippen MR) is 85.2 cm³/mol. The molecular formula is C17H27NO4. The van der Waals surface area contributed by atoms with Gasteiger partial charge in [-0.3, -0.25) is 9.59 Å². The highest BCUT2D eigenvalue weighted by atomic mass is 16.5. The molecule has 1 saturated heterocycles. The van der Waals surface area contributed by atoms with E-state index in [1.807, 2.05) is 13.0 Å². The first kappa shape index (κ1) is 18.4. The Balaban J connectivity index is 2.49. The lowest BCUT2D eigenvalue weighted by atomic mass is 9.88. The maximum atomic E-state index is 12.0. The van der Waals surface area contributed by atoms with Crippen molar-refractivity contribution in [2.75, 3.05) is 0 Å². The summed E-state index contributed by atoms with van der Waals surface area (Å²) in [4.78, 5) is 22.7. The van der Waals surface area contributed by atoms with Crippen LogP contribution in [0.5, 0.6) is 0 Å². The fourth-order valence-electron chi connectivity index (χ4n) is 2.63. The zero-order valence-corrected chi connectivity index (χ0v) is 13.9. The summed E-state index contributed by atoms with van der Waals surface area (Å²) < 4.78 is 10.9. The molecule has 0 radical (unpaired) electrons. The van der Waals surface area contributed by atoms with E-state index in [0.717, 1.165) is 12.8 Å². The molecule has 1 aliphatic rings. The van der Waals surface area contributed by atoms with Crippen LogP contribution in [0.15, 0.2) is 24.8 Å². The second kappa shape index (κ2) is 8.73. The lowest BCUT2D eigenvalue weighted by Crippen LogP contribution is -2.50. The van der Waals surface area contributed by atoms with E-state index in [4.69, 9.17) is 9.47 Å². The number of ether oxygens (including phenoxy) is 2. The molecule has 22 heavy (non-hydrogen) atoms. The molecule has 1 aliphatic heterocycles. The molecule has 1 fully saturated rings. The first-order valence-corrected chi connectivity index (χ1v) is 7.75. The Morgan fingerprint density at radius 2 is 2.14 bits per heavy atom. The van der Waals surface area contributed by atoms with Crippen LogP contribution in [0.2, 0.25) is 0 Å². The fraction of sp³-hybridized carbons (Fsp3) is 0.647. The summed E-state index contributed by atoms with van der Waals surface area (Å²) in [5.41, 5.74) is 0. The maximum Gasteiger partial charge on any atom is 0.303 e. The summed E-state index contributed by atoms with van der Waals surface area (Å²) in [5, 5.41) is 2.95. The Morgan fingerprint density at radius 3 is 2.73 bits per heavy atom. The minimum Gasteiger partial charge on any atom is -0.459 e. The van der Waals surface area contributed by atoms with Crippen LogP contribution < -0.4 is 5.32 Å². The zero-order valence-electron chi connectivity index (χ0n) is 13.9. The Bertz CT molecular complexity index is 432. The standard InChI is InChI=1S/C17H27NO4/c1-6-7-16-11(2)10-15(13(4)22-16)18-17(20)9-8-12(3)21-14(5)19/h6,8-9,11-13,15-16H,1,7,10H2,2-5H3,(H,18,20). The molecule has 0 saturated carbocycles. The number of hydrogen-bond acceptors (Lipinski definition) is 4. The van der Waals surface area contributed by atoms with Gasteiger partial charge in [0, 0.05) is 13.0 Å². The number of carbonyl (C=O) groups excluding carboxylic acids is 2. The molecule has 0 aromatic heterocycles. The van der Waals surface area contributed by atoms with E-state index < -0.39 is 6.10 Å². The second-order valence-corrected chi connectivity index (χ2v) is 5.91. The van der Waals surface area contributed by atoms with Crippen molar-refractivity contribution in [2.45, 2.75) is 64.9 Å². The van der Waals surface area contributed by atoms with Gasteiger partial charge in [-0.05, 0) is 38.7 Å². The molecule has 5 heteroatoms. The summed E-state index contributed by atoms with van der Waals surface area (Å²) >= 11 is 0. The van der Waals surface area contributed by atoms with E-state index in [0.29, 0.717) is 5.92 Å². The van der Waals surface area contributed by atoms with Crippen LogP contribution in [0.3, 0.4) is 0 Å². The van der Waals surface area contributed by atoms with Crippen LogP contribution in [-0.2, 0) is 19.1 Å². The summed E-state index contributed by atoms with van der Waals surface area (Å²) in [6.07, 6.45) is 6.25. The van der Waals surface area contributed by atoms with Gasteiger partial charge >= 0.3 is 5.97 Å². The fourth-order valence-corrected chi connectivity index (χ4v) is 2.63. The van der Waals surface area contributed by atoms with E-state index in [1.165, 1.54) is 13.0 Å². The molecule has 1 rings (SSSR count). The third-order valence-electron chi connectivity index (χ3n) is 3.81.